The first kappa shape index (κ1) is 13.2. The zero-order valence-electron chi connectivity index (χ0n) is 9.68. The molecule has 1 aromatic carbocycles. The third kappa shape index (κ3) is 3.32. The summed E-state index contributed by atoms with van der Waals surface area (Å²) in [7, 11) is -3.26. The maximum Gasteiger partial charge on any atom is 0.178 e. The molecule has 0 radical (unpaired) electrons. The number of aliphatic hydroxyl groups is 1. The first-order chi connectivity index (χ1) is 7.49. The highest BCUT2D eigenvalue weighted by Crippen LogP contribution is 2.16. The van der Waals surface area contributed by atoms with Crippen LogP contribution in [0.4, 0.5) is 0 Å². The molecule has 1 rings (SSSR count). The molecule has 1 aromatic rings. The third-order valence-electron chi connectivity index (χ3n) is 2.67. The van der Waals surface area contributed by atoms with E-state index in [1.165, 1.54) is 0 Å². The topological polar surface area (TPSA) is 54.4 Å². The van der Waals surface area contributed by atoms with Crippen LogP contribution < -0.4 is 0 Å². The summed E-state index contributed by atoms with van der Waals surface area (Å²) >= 11 is 0. The highest BCUT2D eigenvalue weighted by Gasteiger charge is 2.19. The molecule has 0 unspecified atom stereocenters. The van der Waals surface area contributed by atoms with Crippen LogP contribution in [0.1, 0.15) is 18.9 Å². The molecule has 0 fully saturated rings. The minimum absolute atomic E-state index is 0.0169. The van der Waals surface area contributed by atoms with Gasteiger partial charge in [0.25, 0.3) is 0 Å². The number of hydrogen-bond acceptors (Lipinski definition) is 3. The average Bonchev–Trinajstić information content (AvgIpc) is 2.26. The summed E-state index contributed by atoms with van der Waals surface area (Å²) in [4.78, 5) is 0.338. The van der Waals surface area contributed by atoms with E-state index in [4.69, 9.17) is 5.11 Å². The molecular formula is C12H18O3S. The van der Waals surface area contributed by atoms with Gasteiger partial charge in [-0.2, -0.15) is 0 Å². The lowest BCUT2D eigenvalue weighted by molar-refractivity contribution is 0.235. The molecule has 1 atom stereocenters. The van der Waals surface area contributed by atoms with Gasteiger partial charge in [0.05, 0.1) is 10.6 Å². The van der Waals surface area contributed by atoms with E-state index in [-0.39, 0.29) is 18.3 Å². The van der Waals surface area contributed by atoms with E-state index in [0.717, 1.165) is 5.56 Å². The van der Waals surface area contributed by atoms with Crippen LogP contribution in [0.5, 0.6) is 0 Å². The van der Waals surface area contributed by atoms with Crippen molar-refractivity contribution in [1.29, 1.82) is 0 Å². The number of aryl methyl sites for hydroxylation is 1. The van der Waals surface area contributed by atoms with Crippen molar-refractivity contribution >= 4 is 9.84 Å². The molecule has 0 bridgehead atoms. The average molecular weight is 242 g/mol. The summed E-state index contributed by atoms with van der Waals surface area (Å²) in [5, 5.41) is 9.02. The van der Waals surface area contributed by atoms with Crippen molar-refractivity contribution in [2.24, 2.45) is 5.92 Å². The Morgan fingerprint density at radius 3 is 2.25 bits per heavy atom. The molecule has 0 amide bonds. The van der Waals surface area contributed by atoms with Gasteiger partial charge < -0.3 is 5.11 Å². The summed E-state index contributed by atoms with van der Waals surface area (Å²) < 4.78 is 23.9. The molecule has 16 heavy (non-hydrogen) atoms. The van der Waals surface area contributed by atoms with Gasteiger partial charge in [0.1, 0.15) is 0 Å². The molecule has 0 saturated carbocycles. The molecule has 0 heterocycles. The third-order valence-corrected chi connectivity index (χ3v) is 4.57. The first-order valence-electron chi connectivity index (χ1n) is 5.40. The molecule has 0 spiro atoms. The number of hydrogen-bond donors (Lipinski definition) is 1. The molecule has 4 heteroatoms. The van der Waals surface area contributed by atoms with E-state index < -0.39 is 9.84 Å². The van der Waals surface area contributed by atoms with Crippen LogP contribution in [0.2, 0.25) is 0 Å². The standard InChI is InChI=1S/C12H18O3S/c1-3-11(8-13)9-16(14,15)12-6-4-10(2)5-7-12/h4-7,11,13H,3,8-9H2,1-2H3/t11-/m0/s1. The Kier molecular flexibility index (Phi) is 4.50. The van der Waals surface area contributed by atoms with Gasteiger partial charge in [-0.1, -0.05) is 31.0 Å². The highest BCUT2D eigenvalue weighted by molar-refractivity contribution is 7.91. The summed E-state index contributed by atoms with van der Waals surface area (Å²) in [5.74, 6) is -0.158. The van der Waals surface area contributed by atoms with Crippen LogP contribution in [0, 0.1) is 12.8 Å². The Labute approximate surface area is 97.0 Å². The lowest BCUT2D eigenvalue weighted by Gasteiger charge is -2.12. The quantitative estimate of drug-likeness (QED) is 0.856. The maximum atomic E-state index is 12.0. The summed E-state index contributed by atoms with van der Waals surface area (Å²) in [6, 6.07) is 6.81. The van der Waals surface area contributed by atoms with Gasteiger partial charge in [-0.3, -0.25) is 0 Å². The van der Waals surface area contributed by atoms with Crippen LogP contribution in [0.15, 0.2) is 29.2 Å². The van der Waals surface area contributed by atoms with Gasteiger partial charge in [0.15, 0.2) is 9.84 Å². The molecular weight excluding hydrogens is 224 g/mol. The summed E-state index contributed by atoms with van der Waals surface area (Å²) in [6.45, 7) is 3.71. The van der Waals surface area contributed by atoms with Gasteiger partial charge in [0, 0.05) is 6.61 Å². The van der Waals surface area contributed by atoms with Crippen molar-refractivity contribution in [2.75, 3.05) is 12.4 Å². The Morgan fingerprint density at radius 1 is 1.25 bits per heavy atom. The summed E-state index contributed by atoms with van der Waals surface area (Å²) in [6.07, 6.45) is 0.668. The minimum Gasteiger partial charge on any atom is -0.396 e. The fourth-order valence-electron chi connectivity index (χ4n) is 1.45. The second-order valence-electron chi connectivity index (χ2n) is 4.05. The van der Waals surface area contributed by atoms with Crippen molar-refractivity contribution in [3.63, 3.8) is 0 Å². The zero-order chi connectivity index (χ0) is 12.2. The molecule has 90 valence electrons. The smallest absolute Gasteiger partial charge is 0.178 e. The Hall–Kier alpha value is -0.870. The molecule has 1 N–H and O–H groups in total. The Bertz CT molecular complexity index is 416. The second-order valence-corrected chi connectivity index (χ2v) is 6.09. The van der Waals surface area contributed by atoms with E-state index >= 15 is 0 Å². The minimum atomic E-state index is -3.26. The molecule has 0 aliphatic carbocycles. The first-order valence-corrected chi connectivity index (χ1v) is 7.05. The van der Waals surface area contributed by atoms with Crippen LogP contribution in [0.3, 0.4) is 0 Å². The molecule has 3 nitrogen and oxygen atoms in total. The van der Waals surface area contributed by atoms with Gasteiger partial charge in [-0.05, 0) is 25.0 Å². The monoisotopic (exact) mass is 242 g/mol. The normalized spacial score (nSPS) is 13.7. The van der Waals surface area contributed by atoms with Gasteiger partial charge in [-0.15, -0.1) is 0 Å². The van der Waals surface area contributed by atoms with Crippen LogP contribution in [-0.2, 0) is 9.84 Å². The molecule has 0 saturated heterocycles. The van der Waals surface area contributed by atoms with Gasteiger partial charge in [-0.25, -0.2) is 8.42 Å². The fraction of sp³-hybridized carbons (Fsp3) is 0.500. The number of sulfone groups is 1. The fourth-order valence-corrected chi connectivity index (χ4v) is 3.16. The van der Waals surface area contributed by atoms with Gasteiger partial charge in [0.2, 0.25) is 0 Å². The van der Waals surface area contributed by atoms with E-state index in [2.05, 4.69) is 0 Å². The van der Waals surface area contributed by atoms with Crippen LogP contribution >= 0.6 is 0 Å². The van der Waals surface area contributed by atoms with Crippen LogP contribution in [-0.4, -0.2) is 25.9 Å². The predicted molar refractivity (Wildman–Crippen MR) is 64.1 cm³/mol. The lowest BCUT2D eigenvalue weighted by Crippen LogP contribution is -2.18. The highest BCUT2D eigenvalue weighted by atomic mass is 32.2. The Balaban J connectivity index is 2.89. The van der Waals surface area contributed by atoms with Crippen molar-refractivity contribution in [3.8, 4) is 0 Å². The lowest BCUT2D eigenvalue weighted by atomic mass is 10.1. The van der Waals surface area contributed by atoms with Crippen molar-refractivity contribution in [1.82, 2.24) is 0 Å². The summed E-state index contributed by atoms with van der Waals surface area (Å²) in [5.41, 5.74) is 1.04. The van der Waals surface area contributed by atoms with Crippen molar-refractivity contribution in [2.45, 2.75) is 25.2 Å². The maximum absolute atomic E-state index is 12.0. The zero-order valence-corrected chi connectivity index (χ0v) is 10.5. The van der Waals surface area contributed by atoms with Gasteiger partial charge >= 0.3 is 0 Å². The van der Waals surface area contributed by atoms with Crippen molar-refractivity contribution in [3.05, 3.63) is 29.8 Å². The predicted octanol–water partition coefficient (Wildman–Crippen LogP) is 1.79. The van der Waals surface area contributed by atoms with E-state index in [0.29, 0.717) is 11.3 Å². The second kappa shape index (κ2) is 5.46. The molecule has 0 aliphatic rings. The number of benzene rings is 1. The van der Waals surface area contributed by atoms with Crippen molar-refractivity contribution < 1.29 is 13.5 Å². The number of aliphatic hydroxyl groups excluding tert-OH is 1. The Morgan fingerprint density at radius 2 is 1.81 bits per heavy atom. The van der Waals surface area contributed by atoms with E-state index in [9.17, 15) is 8.42 Å². The SMILES string of the molecule is CC[C@@H](CO)CS(=O)(=O)c1ccc(C)cc1. The van der Waals surface area contributed by atoms with E-state index in [1.54, 1.807) is 24.3 Å². The molecule has 0 aromatic heterocycles. The number of rotatable bonds is 5. The van der Waals surface area contributed by atoms with E-state index in [1.807, 2.05) is 13.8 Å². The van der Waals surface area contributed by atoms with Crippen LogP contribution in [0.25, 0.3) is 0 Å². The largest absolute Gasteiger partial charge is 0.396 e. The molecule has 0 aliphatic heterocycles.